The highest BCUT2D eigenvalue weighted by Crippen LogP contribution is 2.23. The Hall–Kier alpha value is -2.34. The van der Waals surface area contributed by atoms with Gasteiger partial charge in [-0.15, -0.1) is 0 Å². The van der Waals surface area contributed by atoms with Crippen molar-refractivity contribution in [2.75, 3.05) is 0 Å². The third kappa shape index (κ3) is 11.8. The number of aliphatic carboxylic acids is 1. The SMILES string of the molecule is CCCCC/C=C\C/C(=C\CCCCCCCC(=O)O[C@@H]1O[C@H](C(=O)O)[C@@H](O)[C@H](O)[C@H]1O)[N+](=O)[O-]. The Morgan fingerprint density at radius 1 is 0.943 bits per heavy atom. The van der Waals surface area contributed by atoms with Gasteiger partial charge >= 0.3 is 11.9 Å². The number of unbranched alkanes of at least 4 members (excludes halogenated alkanes) is 8. The van der Waals surface area contributed by atoms with Gasteiger partial charge in [0.05, 0.1) is 11.3 Å². The summed E-state index contributed by atoms with van der Waals surface area (Å²) in [6.45, 7) is 2.13. The van der Waals surface area contributed by atoms with E-state index in [1.807, 2.05) is 12.2 Å². The number of carbonyl (C=O) groups is 2. The molecule has 1 aliphatic rings. The van der Waals surface area contributed by atoms with Crippen molar-refractivity contribution in [3.8, 4) is 0 Å². The first-order valence-electron chi connectivity index (χ1n) is 12.3. The van der Waals surface area contributed by atoms with Crippen LogP contribution in [0.15, 0.2) is 23.9 Å². The summed E-state index contributed by atoms with van der Waals surface area (Å²) in [5.41, 5.74) is 0.203. The molecule has 0 spiro atoms. The van der Waals surface area contributed by atoms with Gasteiger partial charge in [0, 0.05) is 6.42 Å². The largest absolute Gasteiger partial charge is 0.479 e. The lowest BCUT2D eigenvalue weighted by Gasteiger charge is -2.37. The molecule has 0 aromatic rings. The number of carboxylic acids is 1. The number of allylic oxidation sites excluding steroid dienone is 3. The first kappa shape index (κ1) is 30.7. The van der Waals surface area contributed by atoms with E-state index >= 15 is 0 Å². The van der Waals surface area contributed by atoms with Gasteiger partial charge in [-0.1, -0.05) is 51.2 Å². The van der Waals surface area contributed by atoms with Crippen LogP contribution in [0.1, 0.15) is 84.0 Å². The van der Waals surface area contributed by atoms with Crippen LogP contribution in [0.5, 0.6) is 0 Å². The van der Waals surface area contributed by atoms with Crippen LogP contribution in [-0.2, 0) is 19.1 Å². The maximum atomic E-state index is 12.0. The monoisotopic (exact) mass is 501 g/mol. The van der Waals surface area contributed by atoms with Crippen LogP contribution >= 0.6 is 0 Å². The number of hydrogen-bond acceptors (Lipinski definition) is 9. The number of rotatable bonds is 17. The zero-order valence-electron chi connectivity index (χ0n) is 20.3. The van der Waals surface area contributed by atoms with Gasteiger partial charge in [-0.3, -0.25) is 14.9 Å². The standard InChI is InChI=1S/C24H39NO10/c1-2-3-4-5-8-11-14-17(25(32)33)15-12-9-6-7-10-13-16-18(26)34-24-21(29)19(27)20(28)22(35-24)23(30)31/h8,11,15,19-22,24,27-29H,2-7,9-10,12-14,16H2,1H3,(H,30,31)/b11-8-,17-15+/t19-,20-,21+,22-,24+/m0/s1. The average molecular weight is 502 g/mol. The highest BCUT2D eigenvalue weighted by molar-refractivity contribution is 5.73. The Labute approximate surface area is 205 Å². The normalized spacial score (nSPS) is 25.0. The summed E-state index contributed by atoms with van der Waals surface area (Å²) in [6, 6.07) is 0. The van der Waals surface area contributed by atoms with Crippen LogP contribution in [0.3, 0.4) is 0 Å². The van der Waals surface area contributed by atoms with Gasteiger partial charge in [0.25, 0.3) is 0 Å². The molecule has 200 valence electrons. The fourth-order valence-corrected chi connectivity index (χ4v) is 3.62. The molecule has 0 aromatic carbocycles. The van der Waals surface area contributed by atoms with Crippen molar-refractivity contribution in [3.05, 3.63) is 34.0 Å². The highest BCUT2D eigenvalue weighted by Gasteiger charge is 2.48. The summed E-state index contributed by atoms with van der Waals surface area (Å²) in [4.78, 5) is 33.9. The molecule has 0 unspecified atom stereocenters. The molecule has 11 nitrogen and oxygen atoms in total. The average Bonchev–Trinajstić information content (AvgIpc) is 2.81. The van der Waals surface area contributed by atoms with Gasteiger partial charge in [-0.05, 0) is 38.2 Å². The number of esters is 1. The maximum Gasteiger partial charge on any atom is 0.335 e. The molecule has 0 saturated carbocycles. The van der Waals surface area contributed by atoms with Crippen LogP contribution in [0.25, 0.3) is 0 Å². The van der Waals surface area contributed by atoms with Gasteiger partial charge in [0.1, 0.15) is 18.3 Å². The molecule has 5 atom stereocenters. The van der Waals surface area contributed by atoms with Crippen molar-refractivity contribution >= 4 is 11.9 Å². The third-order valence-corrected chi connectivity index (χ3v) is 5.73. The second-order valence-corrected chi connectivity index (χ2v) is 8.66. The number of hydrogen-bond donors (Lipinski definition) is 4. The molecular formula is C24H39NO10. The van der Waals surface area contributed by atoms with E-state index in [4.69, 9.17) is 14.6 Å². The van der Waals surface area contributed by atoms with Crippen LogP contribution in [0.4, 0.5) is 0 Å². The molecule has 35 heavy (non-hydrogen) atoms. The number of carbonyl (C=O) groups excluding carboxylic acids is 1. The van der Waals surface area contributed by atoms with Crippen LogP contribution in [0, 0.1) is 10.1 Å². The first-order valence-corrected chi connectivity index (χ1v) is 12.3. The van der Waals surface area contributed by atoms with Crippen molar-refractivity contribution in [1.29, 1.82) is 0 Å². The number of aliphatic hydroxyl groups is 3. The van der Waals surface area contributed by atoms with E-state index in [0.29, 0.717) is 25.7 Å². The quantitative estimate of drug-likeness (QED) is 0.0762. The van der Waals surface area contributed by atoms with Gasteiger partial charge < -0.3 is 29.9 Å². The molecule has 0 amide bonds. The van der Waals surface area contributed by atoms with Crippen molar-refractivity contribution < 1.29 is 44.4 Å². The third-order valence-electron chi connectivity index (χ3n) is 5.73. The second kappa shape index (κ2) is 17.1. The van der Waals surface area contributed by atoms with E-state index in [9.17, 15) is 35.0 Å². The van der Waals surface area contributed by atoms with Crippen LogP contribution < -0.4 is 0 Å². The van der Waals surface area contributed by atoms with Crippen LogP contribution in [0.2, 0.25) is 0 Å². The molecular weight excluding hydrogens is 462 g/mol. The van der Waals surface area contributed by atoms with Crippen LogP contribution in [-0.4, -0.2) is 68.0 Å². The fraction of sp³-hybridized carbons (Fsp3) is 0.750. The summed E-state index contributed by atoms with van der Waals surface area (Å²) in [5.74, 6) is -2.27. The Bertz CT molecular complexity index is 723. The highest BCUT2D eigenvalue weighted by atomic mass is 16.7. The molecule has 4 N–H and O–H groups in total. The van der Waals surface area contributed by atoms with Crippen molar-refractivity contribution in [3.63, 3.8) is 0 Å². The Morgan fingerprint density at radius 3 is 2.26 bits per heavy atom. The van der Waals surface area contributed by atoms with E-state index in [1.165, 1.54) is 0 Å². The predicted octanol–water partition coefficient (Wildman–Crippen LogP) is 2.84. The summed E-state index contributed by atoms with van der Waals surface area (Å²) in [5, 5.41) is 49.4. The summed E-state index contributed by atoms with van der Waals surface area (Å²) in [6.07, 6.45) is 5.52. The zero-order valence-corrected chi connectivity index (χ0v) is 20.3. The van der Waals surface area contributed by atoms with Crippen molar-refractivity contribution in [1.82, 2.24) is 0 Å². The topological polar surface area (TPSA) is 177 Å². The van der Waals surface area contributed by atoms with Gasteiger partial charge in [0.15, 0.2) is 6.10 Å². The van der Waals surface area contributed by atoms with Crippen molar-refractivity contribution in [2.24, 2.45) is 0 Å². The molecule has 11 heteroatoms. The van der Waals surface area contributed by atoms with Gasteiger partial charge in [-0.25, -0.2) is 4.79 Å². The maximum absolute atomic E-state index is 12.0. The van der Waals surface area contributed by atoms with E-state index in [0.717, 1.165) is 44.9 Å². The number of aliphatic hydroxyl groups excluding tert-OH is 3. The summed E-state index contributed by atoms with van der Waals surface area (Å²) < 4.78 is 9.84. The smallest absolute Gasteiger partial charge is 0.335 e. The molecule has 0 radical (unpaired) electrons. The Balaban J connectivity index is 2.23. The van der Waals surface area contributed by atoms with Crippen molar-refractivity contribution in [2.45, 2.75) is 115 Å². The van der Waals surface area contributed by atoms with E-state index < -0.39 is 42.6 Å². The lowest BCUT2D eigenvalue weighted by Crippen LogP contribution is -2.60. The van der Waals surface area contributed by atoms with E-state index in [2.05, 4.69) is 6.92 Å². The summed E-state index contributed by atoms with van der Waals surface area (Å²) >= 11 is 0. The van der Waals surface area contributed by atoms with E-state index in [-0.39, 0.29) is 17.0 Å². The summed E-state index contributed by atoms with van der Waals surface area (Å²) in [7, 11) is 0. The number of ether oxygens (including phenoxy) is 2. The lowest BCUT2D eigenvalue weighted by molar-refractivity contribution is -0.427. The molecule has 1 rings (SSSR count). The molecule has 0 bridgehead atoms. The molecule has 1 heterocycles. The second-order valence-electron chi connectivity index (χ2n) is 8.66. The minimum atomic E-state index is -1.85. The molecule has 1 saturated heterocycles. The molecule has 0 aromatic heterocycles. The Kier molecular flexibility index (Phi) is 15.0. The molecule has 1 fully saturated rings. The number of nitrogens with zero attached hydrogens (tertiary/aromatic N) is 1. The molecule has 0 aliphatic carbocycles. The fourth-order valence-electron chi connectivity index (χ4n) is 3.62. The van der Waals surface area contributed by atoms with Gasteiger partial charge in [-0.2, -0.15) is 0 Å². The van der Waals surface area contributed by atoms with Gasteiger partial charge in [0.2, 0.25) is 12.0 Å². The van der Waals surface area contributed by atoms with E-state index in [1.54, 1.807) is 6.08 Å². The minimum absolute atomic E-state index is 0.0128. The minimum Gasteiger partial charge on any atom is -0.479 e. The predicted molar refractivity (Wildman–Crippen MR) is 126 cm³/mol. The molecule has 1 aliphatic heterocycles. The number of nitro groups is 1. The first-order chi connectivity index (χ1) is 16.7. The lowest BCUT2D eigenvalue weighted by atomic mass is 9.99. The number of carboxylic acid groups (broad SMARTS) is 1. The Morgan fingerprint density at radius 2 is 1.60 bits per heavy atom. The zero-order chi connectivity index (χ0) is 26.2.